The quantitative estimate of drug-likeness (QED) is 0.413. The van der Waals surface area contributed by atoms with Gasteiger partial charge in [0, 0.05) is 6.54 Å². The lowest BCUT2D eigenvalue weighted by molar-refractivity contribution is -0.134. The summed E-state index contributed by atoms with van der Waals surface area (Å²) in [5.41, 5.74) is 1.54. The molecule has 0 aliphatic carbocycles. The van der Waals surface area contributed by atoms with E-state index in [0.717, 1.165) is 4.31 Å². The number of hydrogen-bond donors (Lipinski definition) is 2. The molecule has 0 aliphatic rings. The van der Waals surface area contributed by atoms with Gasteiger partial charge in [-0.15, -0.1) is 5.92 Å². The minimum absolute atomic E-state index is 0.0414. The van der Waals surface area contributed by atoms with E-state index in [2.05, 4.69) is 11.8 Å². The highest BCUT2D eigenvalue weighted by Crippen LogP contribution is 2.24. The number of sulfonamides is 1. The molecule has 8 heteroatoms. The Hall–Kier alpha value is -2.08. The topological polar surface area (TPSA) is 95.9 Å². The van der Waals surface area contributed by atoms with Gasteiger partial charge in [-0.1, -0.05) is 26.7 Å². The lowest BCUT2D eigenvalue weighted by atomic mass is 10.0. The van der Waals surface area contributed by atoms with Crippen molar-refractivity contribution in [2.24, 2.45) is 5.92 Å². The van der Waals surface area contributed by atoms with Crippen LogP contribution in [0.25, 0.3) is 0 Å². The number of likely N-dealkylation sites (N-methyl/N-ethyl adjacent to an activating group) is 1. The Kier molecular flexibility index (Phi) is 7.90. The molecule has 1 aromatic rings. The van der Waals surface area contributed by atoms with Crippen LogP contribution >= 0.6 is 0 Å². The molecule has 138 valence electrons. The first-order valence-corrected chi connectivity index (χ1v) is 9.31. The molecule has 1 amide bonds. The zero-order chi connectivity index (χ0) is 19.0. The lowest BCUT2D eigenvalue weighted by Gasteiger charge is -2.30. The summed E-state index contributed by atoms with van der Waals surface area (Å²) in [7, 11) is -3.91. The van der Waals surface area contributed by atoms with E-state index in [0.29, 0.717) is 5.75 Å². The molecule has 0 aromatic heterocycles. The fraction of sp³-hybridized carbons (Fsp3) is 0.471. The normalized spacial score (nSPS) is 12.4. The summed E-state index contributed by atoms with van der Waals surface area (Å²) < 4.78 is 32.2. The van der Waals surface area contributed by atoms with E-state index in [4.69, 9.17) is 9.94 Å². The van der Waals surface area contributed by atoms with Crippen LogP contribution in [-0.4, -0.2) is 43.0 Å². The van der Waals surface area contributed by atoms with Gasteiger partial charge in [-0.2, -0.15) is 4.31 Å². The summed E-state index contributed by atoms with van der Waals surface area (Å²) >= 11 is 0. The second-order valence-corrected chi connectivity index (χ2v) is 7.45. The van der Waals surface area contributed by atoms with Gasteiger partial charge >= 0.3 is 0 Å². The maximum Gasteiger partial charge on any atom is 0.262 e. The van der Waals surface area contributed by atoms with E-state index in [-0.39, 0.29) is 24.0 Å². The summed E-state index contributed by atoms with van der Waals surface area (Å²) in [5, 5.41) is 8.93. The summed E-state index contributed by atoms with van der Waals surface area (Å²) in [5.74, 6) is 4.86. The summed E-state index contributed by atoms with van der Waals surface area (Å²) in [6, 6.07) is 4.89. The van der Waals surface area contributed by atoms with Crippen molar-refractivity contribution in [1.29, 1.82) is 0 Å². The number of rotatable bonds is 8. The van der Waals surface area contributed by atoms with E-state index in [1.165, 1.54) is 24.3 Å². The van der Waals surface area contributed by atoms with Crippen LogP contribution in [0.1, 0.15) is 27.7 Å². The van der Waals surface area contributed by atoms with Gasteiger partial charge in [0.15, 0.2) is 0 Å². The van der Waals surface area contributed by atoms with E-state index in [1.54, 1.807) is 33.2 Å². The van der Waals surface area contributed by atoms with Crippen molar-refractivity contribution in [2.75, 3.05) is 13.2 Å². The molecule has 0 saturated carbocycles. The van der Waals surface area contributed by atoms with Crippen molar-refractivity contribution < 1.29 is 23.2 Å². The van der Waals surface area contributed by atoms with Crippen LogP contribution in [0.3, 0.4) is 0 Å². The highest BCUT2D eigenvalue weighted by Gasteiger charge is 2.36. The molecule has 0 bridgehead atoms. The number of amides is 1. The maximum absolute atomic E-state index is 12.9. The van der Waals surface area contributed by atoms with Gasteiger partial charge in [-0.25, -0.2) is 13.9 Å². The second-order valence-electron chi connectivity index (χ2n) is 5.56. The van der Waals surface area contributed by atoms with Crippen molar-refractivity contribution in [3.05, 3.63) is 24.3 Å². The zero-order valence-corrected chi connectivity index (χ0v) is 15.6. The highest BCUT2D eigenvalue weighted by molar-refractivity contribution is 7.89. The van der Waals surface area contributed by atoms with Crippen molar-refractivity contribution >= 4 is 15.9 Å². The number of nitrogens with one attached hydrogen (secondary N) is 1. The van der Waals surface area contributed by atoms with Gasteiger partial charge in [-0.05, 0) is 37.1 Å². The summed E-state index contributed by atoms with van der Waals surface area (Å²) in [6.07, 6.45) is 0. The molecule has 1 rings (SSSR count). The minimum Gasteiger partial charge on any atom is -0.481 e. The van der Waals surface area contributed by atoms with Crippen LogP contribution in [0.5, 0.6) is 5.75 Å². The first-order chi connectivity index (χ1) is 11.8. The third-order valence-electron chi connectivity index (χ3n) is 3.55. The number of benzene rings is 1. The third-order valence-corrected chi connectivity index (χ3v) is 5.52. The Bertz CT molecular complexity index is 733. The van der Waals surface area contributed by atoms with E-state index >= 15 is 0 Å². The molecule has 2 N–H and O–H groups in total. The smallest absolute Gasteiger partial charge is 0.262 e. The van der Waals surface area contributed by atoms with E-state index in [1.807, 2.05) is 0 Å². The Morgan fingerprint density at radius 1 is 1.32 bits per heavy atom. The van der Waals surface area contributed by atoms with Crippen molar-refractivity contribution in [2.45, 2.75) is 38.6 Å². The molecule has 0 radical (unpaired) electrons. The molecular formula is C17H24N2O5S. The predicted octanol–water partition coefficient (Wildman–Crippen LogP) is 1.63. The van der Waals surface area contributed by atoms with Crippen LogP contribution in [0, 0.1) is 17.8 Å². The van der Waals surface area contributed by atoms with Crippen molar-refractivity contribution in [3.63, 3.8) is 0 Å². The third kappa shape index (κ3) is 5.19. The molecule has 0 heterocycles. The zero-order valence-electron chi connectivity index (χ0n) is 14.8. The van der Waals surface area contributed by atoms with Gasteiger partial charge in [0.05, 0.1) is 4.90 Å². The lowest BCUT2D eigenvalue weighted by Crippen LogP contribution is -2.51. The standard InChI is InChI=1S/C17H24N2O5S/c1-5-7-12-24-14-8-10-15(11-9-14)25(22,23)19(6-2)16(13(3)4)17(20)18-21/h8-11,13,16,21H,6,12H2,1-4H3,(H,18,20). The van der Waals surface area contributed by atoms with Gasteiger partial charge in [0.2, 0.25) is 10.0 Å². The molecule has 7 nitrogen and oxygen atoms in total. The number of ether oxygens (including phenoxy) is 1. The monoisotopic (exact) mass is 368 g/mol. The Morgan fingerprint density at radius 3 is 2.36 bits per heavy atom. The molecule has 0 spiro atoms. The number of carbonyl (C=O) groups is 1. The largest absolute Gasteiger partial charge is 0.481 e. The van der Waals surface area contributed by atoms with Gasteiger partial charge in [0.25, 0.3) is 5.91 Å². The predicted molar refractivity (Wildman–Crippen MR) is 93.5 cm³/mol. The van der Waals surface area contributed by atoms with Crippen LogP contribution in [-0.2, 0) is 14.8 Å². The molecule has 0 fully saturated rings. The van der Waals surface area contributed by atoms with Crippen LogP contribution in [0.2, 0.25) is 0 Å². The van der Waals surface area contributed by atoms with Gasteiger partial charge in [-0.3, -0.25) is 10.0 Å². The van der Waals surface area contributed by atoms with Crippen LogP contribution < -0.4 is 10.2 Å². The first kappa shape index (κ1) is 21.0. The van der Waals surface area contributed by atoms with Gasteiger partial charge in [0.1, 0.15) is 18.4 Å². The molecule has 1 aromatic carbocycles. The maximum atomic E-state index is 12.9. The molecule has 1 unspecified atom stereocenters. The summed E-state index contributed by atoms with van der Waals surface area (Å²) in [6.45, 7) is 7.07. The average Bonchev–Trinajstić information content (AvgIpc) is 2.59. The molecule has 1 atom stereocenters. The Balaban J connectivity index is 3.14. The fourth-order valence-electron chi connectivity index (χ4n) is 2.38. The minimum atomic E-state index is -3.91. The fourth-order valence-corrected chi connectivity index (χ4v) is 4.11. The van der Waals surface area contributed by atoms with Crippen molar-refractivity contribution in [3.8, 4) is 17.6 Å². The number of hydroxylamine groups is 1. The number of carbonyl (C=O) groups excluding carboxylic acids is 1. The van der Waals surface area contributed by atoms with E-state index in [9.17, 15) is 13.2 Å². The summed E-state index contributed by atoms with van der Waals surface area (Å²) in [4.78, 5) is 12.0. The van der Waals surface area contributed by atoms with Crippen LogP contribution in [0.15, 0.2) is 29.2 Å². The molecular weight excluding hydrogens is 344 g/mol. The van der Waals surface area contributed by atoms with Crippen LogP contribution in [0.4, 0.5) is 0 Å². The SMILES string of the molecule is CC#CCOc1ccc(S(=O)(=O)N(CC)C(C(=O)NO)C(C)C)cc1. The molecule has 0 saturated heterocycles. The Labute approximate surface area is 149 Å². The average molecular weight is 368 g/mol. The van der Waals surface area contributed by atoms with Crippen molar-refractivity contribution in [1.82, 2.24) is 9.79 Å². The second kappa shape index (κ2) is 9.42. The Morgan fingerprint density at radius 2 is 1.92 bits per heavy atom. The van der Waals surface area contributed by atoms with Gasteiger partial charge < -0.3 is 4.74 Å². The number of hydrogen-bond acceptors (Lipinski definition) is 5. The first-order valence-electron chi connectivity index (χ1n) is 7.87. The number of nitrogens with zero attached hydrogens (tertiary/aromatic N) is 1. The molecule has 25 heavy (non-hydrogen) atoms. The molecule has 0 aliphatic heterocycles. The van der Waals surface area contributed by atoms with E-state index < -0.39 is 22.0 Å². The highest BCUT2D eigenvalue weighted by atomic mass is 32.2.